The van der Waals surface area contributed by atoms with Gasteiger partial charge in [0.05, 0.1) is 5.60 Å². The summed E-state index contributed by atoms with van der Waals surface area (Å²) >= 11 is 0. The van der Waals surface area contributed by atoms with Crippen LogP contribution in [0.2, 0.25) is 0 Å². The Labute approximate surface area is 126 Å². The molecule has 2 rings (SSSR count). The lowest BCUT2D eigenvalue weighted by Gasteiger charge is -2.29. The van der Waals surface area contributed by atoms with Gasteiger partial charge in [-0.15, -0.1) is 0 Å². The molecule has 1 aliphatic carbocycles. The van der Waals surface area contributed by atoms with Crippen molar-refractivity contribution in [2.45, 2.75) is 51.2 Å². The van der Waals surface area contributed by atoms with E-state index < -0.39 is 5.60 Å². The summed E-state index contributed by atoms with van der Waals surface area (Å²) in [5.74, 6) is 0.572. The van der Waals surface area contributed by atoms with Gasteiger partial charge in [0.25, 0.3) is 0 Å². The molecule has 1 aromatic rings. The molecule has 4 nitrogen and oxygen atoms in total. The van der Waals surface area contributed by atoms with Gasteiger partial charge in [-0.1, -0.05) is 50.6 Å². The van der Waals surface area contributed by atoms with Gasteiger partial charge in [0.15, 0.2) is 0 Å². The van der Waals surface area contributed by atoms with Crippen LogP contribution in [-0.2, 0) is 0 Å². The number of urea groups is 1. The second-order valence-electron chi connectivity index (χ2n) is 6.35. The van der Waals surface area contributed by atoms with Crippen molar-refractivity contribution in [2.75, 3.05) is 6.54 Å². The monoisotopic (exact) mass is 290 g/mol. The molecular formula is C17H26N2O2. The van der Waals surface area contributed by atoms with Crippen molar-refractivity contribution < 1.29 is 9.90 Å². The molecule has 2 amide bonds. The summed E-state index contributed by atoms with van der Waals surface area (Å²) in [6, 6.07) is 10.2. The van der Waals surface area contributed by atoms with Crippen LogP contribution in [0.3, 0.4) is 0 Å². The highest BCUT2D eigenvalue weighted by Crippen LogP contribution is 2.40. The zero-order valence-electron chi connectivity index (χ0n) is 13.1. The summed E-state index contributed by atoms with van der Waals surface area (Å²) in [5.41, 5.74) is 0.406. The van der Waals surface area contributed by atoms with E-state index >= 15 is 0 Å². The molecule has 4 heteroatoms. The molecule has 3 N–H and O–H groups in total. The number of hydrogen-bond acceptors (Lipinski definition) is 2. The molecule has 1 fully saturated rings. The van der Waals surface area contributed by atoms with E-state index in [0.29, 0.717) is 5.92 Å². The molecule has 1 saturated carbocycles. The van der Waals surface area contributed by atoms with Gasteiger partial charge < -0.3 is 15.7 Å². The maximum absolute atomic E-state index is 11.9. The zero-order chi connectivity index (χ0) is 15.5. The molecule has 21 heavy (non-hydrogen) atoms. The smallest absolute Gasteiger partial charge is 0.315 e. The first kappa shape index (κ1) is 15.8. The molecule has 0 aliphatic heterocycles. The van der Waals surface area contributed by atoms with Gasteiger partial charge in [0, 0.05) is 18.5 Å². The average Bonchev–Trinajstić information content (AvgIpc) is 3.24. The largest absolute Gasteiger partial charge is 0.388 e. The zero-order valence-corrected chi connectivity index (χ0v) is 13.1. The highest BCUT2D eigenvalue weighted by Gasteiger charge is 2.39. The Balaban J connectivity index is 1.74. The quantitative estimate of drug-likeness (QED) is 0.754. The predicted octanol–water partition coefficient (Wildman–Crippen LogP) is 2.64. The van der Waals surface area contributed by atoms with Gasteiger partial charge in [-0.3, -0.25) is 0 Å². The third kappa shape index (κ3) is 4.21. The van der Waals surface area contributed by atoms with Crippen LogP contribution in [0.5, 0.6) is 0 Å². The van der Waals surface area contributed by atoms with Gasteiger partial charge in [-0.05, 0) is 24.8 Å². The molecule has 0 radical (unpaired) electrons. The number of hydrogen-bond donors (Lipinski definition) is 3. The van der Waals surface area contributed by atoms with Crippen molar-refractivity contribution in [1.29, 1.82) is 0 Å². The molecule has 0 spiro atoms. The first-order valence-electron chi connectivity index (χ1n) is 7.75. The summed E-state index contributed by atoms with van der Waals surface area (Å²) < 4.78 is 0. The van der Waals surface area contributed by atoms with Crippen molar-refractivity contribution in [2.24, 2.45) is 5.92 Å². The SMILES string of the molecule is CCC(C)C(C)(O)CNC(=O)NC1CC1c1ccccc1. The third-order valence-corrected chi connectivity index (χ3v) is 4.62. The Bertz CT molecular complexity index is 473. The Hall–Kier alpha value is -1.55. The van der Waals surface area contributed by atoms with E-state index in [4.69, 9.17) is 0 Å². The molecule has 0 aromatic heterocycles. The molecular weight excluding hydrogens is 264 g/mol. The molecule has 4 unspecified atom stereocenters. The highest BCUT2D eigenvalue weighted by molar-refractivity contribution is 5.75. The van der Waals surface area contributed by atoms with Gasteiger partial charge in [0.2, 0.25) is 0 Å². The first-order chi connectivity index (χ1) is 9.94. The number of amides is 2. The lowest BCUT2D eigenvalue weighted by Crippen LogP contribution is -2.48. The third-order valence-electron chi connectivity index (χ3n) is 4.62. The van der Waals surface area contributed by atoms with Crippen molar-refractivity contribution in [3.63, 3.8) is 0 Å². The van der Waals surface area contributed by atoms with Crippen molar-refractivity contribution in [1.82, 2.24) is 10.6 Å². The van der Waals surface area contributed by atoms with E-state index in [2.05, 4.69) is 22.8 Å². The lowest BCUT2D eigenvalue weighted by molar-refractivity contribution is 0.00789. The van der Waals surface area contributed by atoms with E-state index in [1.54, 1.807) is 6.92 Å². The predicted molar refractivity (Wildman–Crippen MR) is 84.2 cm³/mol. The Morgan fingerprint density at radius 2 is 2.10 bits per heavy atom. The number of aliphatic hydroxyl groups is 1. The average molecular weight is 290 g/mol. The van der Waals surface area contributed by atoms with Crippen LogP contribution in [0.15, 0.2) is 30.3 Å². The van der Waals surface area contributed by atoms with E-state index in [-0.39, 0.29) is 24.5 Å². The van der Waals surface area contributed by atoms with E-state index in [0.717, 1.165) is 12.8 Å². The number of carbonyl (C=O) groups is 1. The number of benzene rings is 1. The maximum Gasteiger partial charge on any atom is 0.315 e. The van der Waals surface area contributed by atoms with Crippen LogP contribution < -0.4 is 10.6 Å². The van der Waals surface area contributed by atoms with E-state index in [1.165, 1.54) is 5.56 Å². The fourth-order valence-corrected chi connectivity index (χ4v) is 2.52. The van der Waals surface area contributed by atoms with E-state index in [9.17, 15) is 9.90 Å². The van der Waals surface area contributed by atoms with Crippen molar-refractivity contribution in [3.05, 3.63) is 35.9 Å². The minimum Gasteiger partial charge on any atom is -0.388 e. The second-order valence-corrected chi connectivity index (χ2v) is 6.35. The van der Waals surface area contributed by atoms with E-state index in [1.807, 2.05) is 32.0 Å². The molecule has 116 valence electrons. The molecule has 4 atom stereocenters. The van der Waals surface area contributed by atoms with Crippen LogP contribution in [0.1, 0.15) is 45.1 Å². The highest BCUT2D eigenvalue weighted by atomic mass is 16.3. The van der Waals surface area contributed by atoms with Crippen LogP contribution in [0.25, 0.3) is 0 Å². The molecule has 1 aromatic carbocycles. The molecule has 0 bridgehead atoms. The Morgan fingerprint density at radius 1 is 1.43 bits per heavy atom. The van der Waals surface area contributed by atoms with Crippen molar-refractivity contribution in [3.8, 4) is 0 Å². The maximum atomic E-state index is 11.9. The fraction of sp³-hybridized carbons (Fsp3) is 0.588. The van der Waals surface area contributed by atoms with Gasteiger partial charge in [0.1, 0.15) is 0 Å². The van der Waals surface area contributed by atoms with Crippen LogP contribution in [0, 0.1) is 5.92 Å². The summed E-state index contributed by atoms with van der Waals surface area (Å²) in [7, 11) is 0. The number of rotatable bonds is 6. The fourth-order valence-electron chi connectivity index (χ4n) is 2.52. The first-order valence-corrected chi connectivity index (χ1v) is 7.75. The number of carbonyl (C=O) groups excluding carboxylic acids is 1. The summed E-state index contributed by atoms with van der Waals surface area (Å²) in [5, 5.41) is 16.0. The molecule has 0 heterocycles. The minimum absolute atomic E-state index is 0.149. The molecule has 1 aliphatic rings. The Morgan fingerprint density at radius 3 is 2.71 bits per heavy atom. The van der Waals surface area contributed by atoms with Gasteiger partial charge in [-0.25, -0.2) is 4.79 Å². The van der Waals surface area contributed by atoms with Crippen molar-refractivity contribution >= 4 is 6.03 Å². The summed E-state index contributed by atoms with van der Waals surface area (Å²) in [6.07, 6.45) is 1.87. The summed E-state index contributed by atoms with van der Waals surface area (Å²) in [4.78, 5) is 11.9. The second kappa shape index (κ2) is 6.48. The lowest BCUT2D eigenvalue weighted by atomic mass is 9.89. The topological polar surface area (TPSA) is 61.4 Å². The van der Waals surface area contributed by atoms with Crippen LogP contribution in [-0.4, -0.2) is 29.3 Å². The van der Waals surface area contributed by atoms with Gasteiger partial charge in [-0.2, -0.15) is 0 Å². The number of nitrogens with one attached hydrogen (secondary N) is 2. The molecule has 0 saturated heterocycles. The van der Waals surface area contributed by atoms with Crippen LogP contribution in [0.4, 0.5) is 4.79 Å². The Kier molecular flexibility index (Phi) is 4.88. The van der Waals surface area contributed by atoms with Crippen LogP contribution >= 0.6 is 0 Å². The normalized spacial score (nSPS) is 24.8. The summed E-state index contributed by atoms with van der Waals surface area (Å²) in [6.45, 7) is 6.07. The standard InChI is InChI=1S/C17H26N2O2/c1-4-12(2)17(3,21)11-18-16(20)19-15-10-14(15)13-8-6-5-7-9-13/h5-9,12,14-15,21H,4,10-11H2,1-3H3,(H2,18,19,20). The minimum atomic E-state index is -0.867. The van der Waals surface area contributed by atoms with Gasteiger partial charge >= 0.3 is 6.03 Å².